The quantitative estimate of drug-likeness (QED) is 0.668. The van der Waals surface area contributed by atoms with E-state index < -0.39 is 9.84 Å². The molecular weight excluding hydrogens is 368 g/mol. The molecule has 1 fully saturated rings. The van der Waals surface area contributed by atoms with Crippen LogP contribution in [0.15, 0.2) is 17.5 Å². The third kappa shape index (κ3) is 4.12. The Labute approximate surface area is 150 Å². The van der Waals surface area contributed by atoms with Gasteiger partial charge in [0.1, 0.15) is 18.3 Å². The Balaban J connectivity index is 1.79. The van der Waals surface area contributed by atoms with E-state index in [-0.39, 0.29) is 17.5 Å². The van der Waals surface area contributed by atoms with Gasteiger partial charge in [-0.1, -0.05) is 6.07 Å². The first-order valence-corrected chi connectivity index (χ1v) is 10.8. The lowest BCUT2D eigenvalue weighted by molar-refractivity contribution is -0.945. The zero-order valence-electron chi connectivity index (χ0n) is 13.4. The number of nitrogens with one attached hydrogen (secondary N) is 2. The number of rotatable bonds is 7. The second kappa shape index (κ2) is 7.44. The van der Waals surface area contributed by atoms with Gasteiger partial charge < -0.3 is 9.64 Å². The van der Waals surface area contributed by atoms with E-state index in [0.717, 1.165) is 22.1 Å². The summed E-state index contributed by atoms with van der Waals surface area (Å²) in [5.74, 6) is 1.24. The van der Waals surface area contributed by atoms with Crippen molar-refractivity contribution in [2.24, 2.45) is 0 Å². The normalized spacial score (nSPS) is 21.1. The fourth-order valence-electron chi connectivity index (χ4n) is 2.95. The van der Waals surface area contributed by atoms with Gasteiger partial charge in [-0.25, -0.2) is 13.1 Å². The van der Waals surface area contributed by atoms with Crippen LogP contribution in [0.5, 0.6) is 0 Å². The predicted octanol–water partition coefficient (Wildman–Crippen LogP) is 0.345. The van der Waals surface area contributed by atoms with Crippen molar-refractivity contribution in [1.29, 1.82) is 0 Å². The standard InChI is InChI=1S/C14H20N4O3S3/c1-21-6-5-17(11-4-8-24(19,20)9-11)10-18-14(22)15-13(16-18)12-3-2-7-23-12/h2-3,7,11H,4-6,8-10H2,1H3,(H,15,16,22)/p+1/t11-/m0/s1. The Morgan fingerprint density at radius 3 is 3.04 bits per heavy atom. The molecule has 0 saturated carbocycles. The van der Waals surface area contributed by atoms with Crippen molar-refractivity contribution in [2.45, 2.75) is 19.1 Å². The number of thiophene rings is 1. The number of sulfone groups is 1. The van der Waals surface area contributed by atoms with Gasteiger partial charge >= 0.3 is 0 Å². The SMILES string of the molecule is COCC[NH+](Cn1[nH]c(-c2cccs2)nc1=S)[C@H]1CCS(=O)(=O)C1. The number of ether oxygens (including phenoxy) is 1. The molecule has 0 spiro atoms. The fraction of sp³-hybridized carbons (Fsp3) is 0.571. The van der Waals surface area contributed by atoms with Gasteiger partial charge in [-0.2, -0.15) is 4.98 Å². The van der Waals surface area contributed by atoms with Crippen molar-refractivity contribution < 1.29 is 18.1 Å². The summed E-state index contributed by atoms with van der Waals surface area (Å²) in [6, 6.07) is 4.03. The van der Waals surface area contributed by atoms with Crippen LogP contribution < -0.4 is 4.90 Å². The molecule has 0 bridgehead atoms. The summed E-state index contributed by atoms with van der Waals surface area (Å²) in [5, 5.41) is 5.23. The van der Waals surface area contributed by atoms with Crippen LogP contribution in [-0.4, -0.2) is 61.0 Å². The number of methoxy groups -OCH3 is 1. The van der Waals surface area contributed by atoms with Gasteiger partial charge in [0.05, 0.1) is 17.2 Å². The molecule has 0 amide bonds. The smallest absolute Gasteiger partial charge is 0.221 e. The first-order chi connectivity index (χ1) is 11.5. The summed E-state index contributed by atoms with van der Waals surface area (Å²) in [6.45, 7) is 1.86. The largest absolute Gasteiger partial charge is 0.379 e. The summed E-state index contributed by atoms with van der Waals surface area (Å²) >= 11 is 6.96. The maximum atomic E-state index is 11.8. The van der Waals surface area contributed by atoms with Gasteiger partial charge in [-0.05, 0) is 23.7 Å². The van der Waals surface area contributed by atoms with Gasteiger partial charge in [-0.3, -0.25) is 5.10 Å². The van der Waals surface area contributed by atoms with Crippen LogP contribution >= 0.6 is 23.6 Å². The van der Waals surface area contributed by atoms with Crippen molar-refractivity contribution in [3.8, 4) is 10.7 Å². The molecule has 1 aliphatic heterocycles. The van der Waals surface area contributed by atoms with E-state index >= 15 is 0 Å². The molecule has 3 heterocycles. The molecule has 0 radical (unpaired) electrons. The lowest BCUT2D eigenvalue weighted by Crippen LogP contribution is -3.16. The average Bonchev–Trinajstić information content (AvgIpc) is 3.24. The molecule has 1 unspecified atom stereocenters. The van der Waals surface area contributed by atoms with Gasteiger partial charge in [0, 0.05) is 13.5 Å². The molecule has 24 heavy (non-hydrogen) atoms. The molecule has 2 aromatic rings. The first kappa shape index (κ1) is 17.7. The highest BCUT2D eigenvalue weighted by Crippen LogP contribution is 2.20. The predicted molar refractivity (Wildman–Crippen MR) is 95.5 cm³/mol. The first-order valence-electron chi connectivity index (χ1n) is 7.73. The van der Waals surface area contributed by atoms with Crippen molar-refractivity contribution in [1.82, 2.24) is 14.8 Å². The lowest BCUT2D eigenvalue weighted by atomic mass is 10.2. The molecule has 1 saturated heterocycles. The van der Waals surface area contributed by atoms with Crippen LogP contribution in [-0.2, 0) is 21.2 Å². The van der Waals surface area contributed by atoms with Crippen LogP contribution in [0.25, 0.3) is 10.7 Å². The minimum atomic E-state index is -2.92. The number of aromatic nitrogens is 3. The highest BCUT2D eigenvalue weighted by atomic mass is 32.2. The fourth-order valence-corrected chi connectivity index (χ4v) is 5.64. The number of aromatic amines is 1. The lowest BCUT2D eigenvalue weighted by Gasteiger charge is -2.24. The van der Waals surface area contributed by atoms with Gasteiger partial charge in [0.25, 0.3) is 0 Å². The third-order valence-corrected chi connectivity index (χ3v) is 7.19. The average molecular weight is 390 g/mol. The number of H-pyrrole nitrogens is 1. The molecule has 2 atom stereocenters. The topological polar surface area (TPSA) is 81.4 Å². The molecule has 2 N–H and O–H groups in total. The Hall–Kier alpha value is -1.07. The Bertz CT molecular complexity index is 826. The van der Waals surface area contributed by atoms with Crippen LogP contribution in [0, 0.1) is 4.77 Å². The number of hydrogen-bond donors (Lipinski definition) is 2. The van der Waals surface area contributed by atoms with E-state index in [0.29, 0.717) is 24.5 Å². The van der Waals surface area contributed by atoms with Crippen LogP contribution in [0.4, 0.5) is 0 Å². The number of hydrogen-bond acceptors (Lipinski definition) is 6. The number of quaternary nitrogens is 1. The third-order valence-electron chi connectivity index (χ3n) is 4.23. The molecular formula is C14H21N4O3S3+. The minimum Gasteiger partial charge on any atom is -0.379 e. The molecule has 0 aliphatic carbocycles. The Morgan fingerprint density at radius 2 is 2.42 bits per heavy atom. The molecule has 2 aromatic heterocycles. The molecule has 1 aliphatic rings. The Kier molecular flexibility index (Phi) is 5.50. The zero-order valence-corrected chi connectivity index (χ0v) is 15.8. The van der Waals surface area contributed by atoms with Gasteiger partial charge in [-0.15, -0.1) is 11.3 Å². The van der Waals surface area contributed by atoms with Crippen molar-refractivity contribution in [3.63, 3.8) is 0 Å². The van der Waals surface area contributed by atoms with E-state index in [1.54, 1.807) is 18.4 Å². The van der Waals surface area contributed by atoms with Crippen LogP contribution in [0.3, 0.4) is 0 Å². The Morgan fingerprint density at radius 1 is 1.58 bits per heavy atom. The monoisotopic (exact) mass is 389 g/mol. The summed E-state index contributed by atoms with van der Waals surface area (Å²) < 4.78 is 31.1. The maximum Gasteiger partial charge on any atom is 0.221 e. The van der Waals surface area contributed by atoms with E-state index in [1.807, 2.05) is 22.2 Å². The van der Waals surface area contributed by atoms with Crippen LogP contribution in [0.2, 0.25) is 0 Å². The maximum absolute atomic E-state index is 11.8. The van der Waals surface area contributed by atoms with E-state index in [1.165, 1.54) is 0 Å². The van der Waals surface area contributed by atoms with E-state index in [9.17, 15) is 8.42 Å². The summed E-state index contributed by atoms with van der Waals surface area (Å²) in [4.78, 5) is 6.59. The van der Waals surface area contributed by atoms with Gasteiger partial charge in [0.15, 0.2) is 22.3 Å². The van der Waals surface area contributed by atoms with Crippen molar-refractivity contribution >= 4 is 33.4 Å². The number of nitrogens with zero attached hydrogens (tertiary/aromatic N) is 2. The van der Waals surface area contributed by atoms with Crippen molar-refractivity contribution in [2.75, 3.05) is 31.8 Å². The second-order valence-corrected chi connectivity index (χ2v) is 9.46. The summed E-state index contributed by atoms with van der Waals surface area (Å²) in [5.41, 5.74) is 0. The molecule has 132 valence electrons. The van der Waals surface area contributed by atoms with Crippen molar-refractivity contribution in [3.05, 3.63) is 22.3 Å². The highest BCUT2D eigenvalue weighted by Gasteiger charge is 2.35. The van der Waals surface area contributed by atoms with E-state index in [4.69, 9.17) is 17.0 Å². The van der Waals surface area contributed by atoms with E-state index in [2.05, 4.69) is 10.1 Å². The van der Waals surface area contributed by atoms with Gasteiger partial charge in [0.2, 0.25) is 4.77 Å². The second-order valence-electron chi connectivity index (χ2n) is 5.92. The molecule has 10 heteroatoms. The minimum absolute atomic E-state index is 0.0699. The van der Waals surface area contributed by atoms with Crippen LogP contribution in [0.1, 0.15) is 6.42 Å². The summed E-state index contributed by atoms with van der Waals surface area (Å²) in [6.07, 6.45) is 0.681. The zero-order chi connectivity index (χ0) is 17.2. The summed E-state index contributed by atoms with van der Waals surface area (Å²) in [7, 11) is -1.27. The molecule has 7 nitrogen and oxygen atoms in total. The molecule has 3 rings (SSSR count). The molecule has 0 aromatic carbocycles. The highest BCUT2D eigenvalue weighted by molar-refractivity contribution is 7.91.